The first-order valence-corrected chi connectivity index (χ1v) is 10.6. The minimum Gasteiger partial charge on any atom is -0.486 e. The SMILES string of the molecule is O=C(CN1CC[C@]2(CCC1=O)CC(=O)c1cc(Cl)ccc1O2)NC[C@H]1COCCO1. The molecule has 30 heavy (non-hydrogen) atoms. The van der Waals surface area contributed by atoms with E-state index in [1.54, 1.807) is 18.2 Å². The van der Waals surface area contributed by atoms with Crippen LogP contribution in [-0.2, 0) is 19.1 Å². The van der Waals surface area contributed by atoms with E-state index >= 15 is 0 Å². The molecule has 1 N–H and O–H groups in total. The van der Waals surface area contributed by atoms with Crippen LogP contribution in [-0.4, -0.2) is 73.7 Å². The Morgan fingerprint density at radius 1 is 1.27 bits per heavy atom. The number of rotatable bonds is 4. The summed E-state index contributed by atoms with van der Waals surface area (Å²) in [7, 11) is 0. The van der Waals surface area contributed by atoms with Crippen LogP contribution in [0.4, 0.5) is 0 Å². The van der Waals surface area contributed by atoms with Crippen molar-refractivity contribution in [1.29, 1.82) is 0 Å². The largest absolute Gasteiger partial charge is 0.486 e. The Balaban J connectivity index is 1.35. The molecular weight excluding hydrogens is 412 g/mol. The van der Waals surface area contributed by atoms with Crippen molar-refractivity contribution in [2.45, 2.75) is 37.4 Å². The second-order valence-corrected chi connectivity index (χ2v) is 8.40. The highest BCUT2D eigenvalue weighted by atomic mass is 35.5. The summed E-state index contributed by atoms with van der Waals surface area (Å²) in [5.74, 6) is 0.113. The number of ether oxygens (including phenoxy) is 3. The zero-order valence-electron chi connectivity index (χ0n) is 16.7. The predicted octanol–water partition coefficient (Wildman–Crippen LogP) is 1.59. The molecule has 4 rings (SSSR count). The smallest absolute Gasteiger partial charge is 0.239 e. The summed E-state index contributed by atoms with van der Waals surface area (Å²) in [6.45, 7) is 2.21. The van der Waals surface area contributed by atoms with E-state index in [-0.39, 0.29) is 43.1 Å². The van der Waals surface area contributed by atoms with E-state index in [2.05, 4.69) is 5.32 Å². The van der Waals surface area contributed by atoms with Gasteiger partial charge in [-0.15, -0.1) is 0 Å². The molecule has 0 aliphatic carbocycles. The molecule has 3 aliphatic rings. The van der Waals surface area contributed by atoms with Crippen LogP contribution in [0, 0.1) is 0 Å². The maximum atomic E-state index is 12.7. The van der Waals surface area contributed by atoms with E-state index in [4.69, 9.17) is 25.8 Å². The van der Waals surface area contributed by atoms with Gasteiger partial charge in [-0.25, -0.2) is 0 Å². The zero-order chi connectivity index (χ0) is 21.1. The average Bonchev–Trinajstić information content (AvgIpc) is 2.88. The first kappa shape index (κ1) is 21.1. The van der Waals surface area contributed by atoms with Crippen LogP contribution >= 0.6 is 11.6 Å². The number of nitrogens with one attached hydrogen (secondary N) is 1. The van der Waals surface area contributed by atoms with Crippen molar-refractivity contribution in [3.8, 4) is 5.75 Å². The Morgan fingerprint density at radius 2 is 2.13 bits per heavy atom. The minimum atomic E-state index is -0.730. The lowest BCUT2D eigenvalue weighted by atomic mass is 9.84. The van der Waals surface area contributed by atoms with Crippen molar-refractivity contribution in [3.05, 3.63) is 28.8 Å². The number of carbonyl (C=O) groups excluding carboxylic acids is 3. The van der Waals surface area contributed by atoms with Gasteiger partial charge < -0.3 is 24.4 Å². The number of likely N-dealkylation sites (tertiary alicyclic amines) is 1. The highest BCUT2D eigenvalue weighted by Gasteiger charge is 2.43. The number of nitrogens with zero attached hydrogens (tertiary/aromatic N) is 1. The average molecular weight is 437 g/mol. The fourth-order valence-electron chi connectivity index (χ4n) is 4.10. The lowest BCUT2D eigenvalue weighted by molar-refractivity contribution is -0.136. The molecule has 0 aromatic heterocycles. The fourth-order valence-corrected chi connectivity index (χ4v) is 4.28. The summed E-state index contributed by atoms with van der Waals surface area (Å²) >= 11 is 6.00. The van der Waals surface area contributed by atoms with E-state index in [9.17, 15) is 14.4 Å². The topological polar surface area (TPSA) is 94.2 Å². The number of fused-ring (bicyclic) bond motifs is 1. The van der Waals surface area contributed by atoms with E-state index in [0.29, 0.717) is 62.1 Å². The van der Waals surface area contributed by atoms with Crippen LogP contribution in [0.15, 0.2) is 18.2 Å². The summed E-state index contributed by atoms with van der Waals surface area (Å²) in [5.41, 5.74) is -0.250. The fraction of sp³-hybridized carbons (Fsp3) is 0.571. The van der Waals surface area contributed by atoms with Crippen molar-refractivity contribution < 1.29 is 28.6 Å². The van der Waals surface area contributed by atoms with Crippen molar-refractivity contribution >= 4 is 29.2 Å². The second-order valence-electron chi connectivity index (χ2n) is 7.96. The molecule has 9 heteroatoms. The quantitative estimate of drug-likeness (QED) is 0.770. The highest BCUT2D eigenvalue weighted by molar-refractivity contribution is 6.31. The molecule has 2 amide bonds. The summed E-state index contributed by atoms with van der Waals surface area (Å²) < 4.78 is 17.0. The van der Waals surface area contributed by atoms with Gasteiger partial charge in [0.05, 0.1) is 44.5 Å². The van der Waals surface area contributed by atoms with E-state index < -0.39 is 5.60 Å². The Bertz CT molecular complexity index is 841. The Morgan fingerprint density at radius 3 is 2.93 bits per heavy atom. The van der Waals surface area contributed by atoms with Crippen LogP contribution < -0.4 is 10.1 Å². The Labute approximate surface area is 179 Å². The highest BCUT2D eigenvalue weighted by Crippen LogP contribution is 2.40. The third-order valence-corrected chi connectivity index (χ3v) is 6.02. The first-order valence-electron chi connectivity index (χ1n) is 10.2. The molecule has 162 valence electrons. The number of amides is 2. The molecule has 0 radical (unpaired) electrons. The maximum Gasteiger partial charge on any atom is 0.239 e. The van der Waals surface area contributed by atoms with Gasteiger partial charge in [0, 0.05) is 31.0 Å². The summed E-state index contributed by atoms with van der Waals surface area (Å²) in [6, 6.07) is 5.00. The van der Waals surface area contributed by atoms with Gasteiger partial charge in [0.2, 0.25) is 11.8 Å². The standard InChI is InChI=1S/C21H25ClN2O6/c22-14-1-2-18-16(9-14)17(25)10-21(30-18)4-3-20(27)24(6-5-21)12-19(26)23-11-15-13-28-7-8-29-15/h1-2,9,15H,3-8,10-13H2,(H,23,26)/t15-,21+/m0/s1. The molecule has 3 heterocycles. The Hall–Kier alpha value is -2.16. The first-order chi connectivity index (χ1) is 14.4. The molecule has 8 nitrogen and oxygen atoms in total. The number of Topliss-reactive ketones (excluding diaryl/α,β-unsaturated/α-hetero) is 1. The van der Waals surface area contributed by atoms with Gasteiger partial charge in [-0.2, -0.15) is 0 Å². The van der Waals surface area contributed by atoms with Gasteiger partial charge >= 0.3 is 0 Å². The number of halogens is 1. The van der Waals surface area contributed by atoms with Gasteiger partial charge in [0.25, 0.3) is 0 Å². The van der Waals surface area contributed by atoms with Crippen molar-refractivity contribution in [1.82, 2.24) is 10.2 Å². The molecule has 3 aliphatic heterocycles. The van der Waals surface area contributed by atoms with Crippen molar-refractivity contribution in [2.75, 3.05) is 39.5 Å². The van der Waals surface area contributed by atoms with Crippen LogP contribution in [0.3, 0.4) is 0 Å². The van der Waals surface area contributed by atoms with E-state index in [1.807, 2.05) is 0 Å². The van der Waals surface area contributed by atoms with E-state index in [0.717, 1.165) is 0 Å². The van der Waals surface area contributed by atoms with Crippen LogP contribution in [0.1, 0.15) is 36.0 Å². The van der Waals surface area contributed by atoms with Crippen molar-refractivity contribution in [2.24, 2.45) is 0 Å². The lowest BCUT2D eigenvalue weighted by Crippen LogP contribution is -2.45. The number of hydrogen-bond donors (Lipinski definition) is 1. The third-order valence-electron chi connectivity index (χ3n) is 5.78. The van der Waals surface area contributed by atoms with Crippen molar-refractivity contribution in [3.63, 3.8) is 0 Å². The number of ketones is 1. The number of carbonyl (C=O) groups is 3. The summed E-state index contributed by atoms with van der Waals surface area (Å²) in [5, 5.41) is 3.29. The monoisotopic (exact) mass is 436 g/mol. The van der Waals surface area contributed by atoms with Gasteiger partial charge in [0.15, 0.2) is 5.78 Å². The summed E-state index contributed by atoms with van der Waals surface area (Å²) in [4.78, 5) is 39.1. The molecule has 0 bridgehead atoms. The molecular formula is C21H25ClN2O6. The molecule has 1 aromatic rings. The number of benzene rings is 1. The molecule has 2 atom stereocenters. The predicted molar refractivity (Wildman–Crippen MR) is 108 cm³/mol. The number of hydrogen-bond acceptors (Lipinski definition) is 6. The second kappa shape index (κ2) is 8.91. The minimum absolute atomic E-state index is 0.0252. The molecule has 1 spiro atoms. The summed E-state index contributed by atoms with van der Waals surface area (Å²) in [6.07, 6.45) is 1.18. The zero-order valence-corrected chi connectivity index (χ0v) is 17.4. The lowest BCUT2D eigenvalue weighted by Gasteiger charge is -2.37. The van der Waals surface area contributed by atoms with Gasteiger partial charge in [-0.05, 0) is 24.6 Å². The normalized spacial score (nSPS) is 26.7. The van der Waals surface area contributed by atoms with Gasteiger partial charge in [-0.3, -0.25) is 14.4 Å². The third kappa shape index (κ3) is 4.77. The van der Waals surface area contributed by atoms with Crippen LogP contribution in [0.5, 0.6) is 5.75 Å². The van der Waals surface area contributed by atoms with Gasteiger partial charge in [0.1, 0.15) is 11.4 Å². The molecule has 0 saturated carbocycles. The van der Waals surface area contributed by atoms with E-state index in [1.165, 1.54) is 4.90 Å². The molecule has 2 fully saturated rings. The van der Waals surface area contributed by atoms with Crippen LogP contribution in [0.2, 0.25) is 5.02 Å². The Kier molecular flexibility index (Phi) is 6.26. The molecule has 1 aromatic carbocycles. The van der Waals surface area contributed by atoms with Crippen LogP contribution in [0.25, 0.3) is 0 Å². The molecule has 2 saturated heterocycles. The maximum absolute atomic E-state index is 12.7. The van der Waals surface area contributed by atoms with Gasteiger partial charge in [-0.1, -0.05) is 11.6 Å². The molecule has 0 unspecified atom stereocenters.